The molecule has 140 valence electrons. The van der Waals surface area contributed by atoms with Gasteiger partial charge in [0.25, 0.3) is 5.91 Å². The maximum absolute atomic E-state index is 13.6. The van der Waals surface area contributed by atoms with Gasteiger partial charge in [0.15, 0.2) is 5.76 Å². The van der Waals surface area contributed by atoms with E-state index in [9.17, 15) is 9.18 Å². The molecule has 2 aromatic carbocycles. The van der Waals surface area contributed by atoms with Crippen molar-refractivity contribution in [1.82, 2.24) is 4.90 Å². The summed E-state index contributed by atoms with van der Waals surface area (Å²) >= 11 is 0. The molecular formula is C21H22FN2O3+. The van der Waals surface area contributed by atoms with E-state index in [1.54, 1.807) is 19.2 Å². The molecular weight excluding hydrogens is 347 g/mol. The first kappa shape index (κ1) is 17.5. The Hall–Kier alpha value is -2.86. The Morgan fingerprint density at radius 3 is 2.70 bits per heavy atom. The van der Waals surface area contributed by atoms with Crippen LogP contribution in [-0.2, 0) is 6.54 Å². The van der Waals surface area contributed by atoms with Gasteiger partial charge in [-0.15, -0.1) is 0 Å². The lowest BCUT2D eigenvalue weighted by molar-refractivity contribution is -0.917. The van der Waals surface area contributed by atoms with Crippen molar-refractivity contribution in [3.63, 3.8) is 0 Å². The molecule has 6 heteroatoms. The lowest BCUT2D eigenvalue weighted by Crippen LogP contribution is -3.13. The van der Waals surface area contributed by atoms with Gasteiger partial charge in [0.1, 0.15) is 23.7 Å². The van der Waals surface area contributed by atoms with Crippen LogP contribution >= 0.6 is 0 Å². The van der Waals surface area contributed by atoms with E-state index in [1.165, 1.54) is 17.0 Å². The fourth-order valence-corrected chi connectivity index (χ4v) is 3.60. The van der Waals surface area contributed by atoms with Crippen LogP contribution in [0.1, 0.15) is 16.1 Å². The lowest BCUT2D eigenvalue weighted by atomic mass is 10.1. The molecule has 3 aromatic rings. The Kier molecular flexibility index (Phi) is 4.81. The maximum Gasteiger partial charge on any atom is 0.290 e. The van der Waals surface area contributed by atoms with Crippen molar-refractivity contribution in [2.45, 2.75) is 6.54 Å². The second-order valence-electron chi connectivity index (χ2n) is 6.82. The molecule has 27 heavy (non-hydrogen) atoms. The third-order valence-corrected chi connectivity index (χ3v) is 5.08. The molecule has 1 saturated heterocycles. The molecule has 0 saturated carbocycles. The molecule has 1 amide bonds. The van der Waals surface area contributed by atoms with Crippen molar-refractivity contribution in [2.75, 3.05) is 33.3 Å². The average molecular weight is 369 g/mol. The fourth-order valence-electron chi connectivity index (χ4n) is 3.60. The molecule has 1 aliphatic rings. The summed E-state index contributed by atoms with van der Waals surface area (Å²) in [6, 6.07) is 14.0. The molecule has 0 radical (unpaired) electrons. The maximum atomic E-state index is 13.6. The minimum Gasteiger partial charge on any atom is -0.496 e. The van der Waals surface area contributed by atoms with Crippen molar-refractivity contribution in [3.05, 3.63) is 65.7 Å². The largest absolute Gasteiger partial charge is 0.496 e. The zero-order valence-corrected chi connectivity index (χ0v) is 15.2. The number of amides is 1. The van der Waals surface area contributed by atoms with Crippen molar-refractivity contribution in [1.29, 1.82) is 0 Å². The fraction of sp³-hybridized carbons (Fsp3) is 0.286. The van der Waals surface area contributed by atoms with Crippen LogP contribution in [0.4, 0.5) is 4.39 Å². The Balaban J connectivity index is 1.40. The Morgan fingerprint density at radius 2 is 1.96 bits per heavy atom. The molecule has 0 aliphatic carbocycles. The number of nitrogens with zero attached hydrogens (tertiary/aromatic N) is 1. The third kappa shape index (κ3) is 3.66. The number of furan rings is 1. The molecule has 2 heterocycles. The molecule has 1 N–H and O–H groups in total. The SMILES string of the molecule is COc1ccc(F)cc1C[NH+]1CCN(C(=O)c2cc3ccccc3o2)CC1. The zero-order chi connectivity index (χ0) is 18.8. The molecule has 4 rings (SSSR count). The summed E-state index contributed by atoms with van der Waals surface area (Å²) < 4.78 is 24.6. The van der Waals surface area contributed by atoms with Gasteiger partial charge >= 0.3 is 0 Å². The highest BCUT2D eigenvalue weighted by molar-refractivity contribution is 5.96. The molecule has 0 unspecified atom stereocenters. The predicted octanol–water partition coefficient (Wildman–Crippen LogP) is 2.12. The quantitative estimate of drug-likeness (QED) is 0.766. The van der Waals surface area contributed by atoms with Crippen LogP contribution in [0.2, 0.25) is 0 Å². The third-order valence-electron chi connectivity index (χ3n) is 5.08. The highest BCUT2D eigenvalue weighted by Crippen LogP contribution is 2.20. The van der Waals surface area contributed by atoms with Crippen LogP contribution in [0, 0.1) is 5.82 Å². The summed E-state index contributed by atoms with van der Waals surface area (Å²) in [6.07, 6.45) is 0. The zero-order valence-electron chi connectivity index (χ0n) is 15.2. The number of nitrogens with one attached hydrogen (secondary N) is 1. The number of quaternary nitrogens is 1. The normalized spacial score (nSPS) is 15.3. The van der Waals surface area contributed by atoms with Crippen molar-refractivity contribution in [2.24, 2.45) is 0 Å². The van der Waals surface area contributed by atoms with Crippen molar-refractivity contribution >= 4 is 16.9 Å². The van der Waals surface area contributed by atoms with Gasteiger partial charge in [0.2, 0.25) is 0 Å². The monoisotopic (exact) mass is 369 g/mol. The predicted molar refractivity (Wildman–Crippen MR) is 99.5 cm³/mol. The van der Waals surface area contributed by atoms with Crippen LogP contribution in [-0.4, -0.2) is 44.1 Å². The molecule has 0 spiro atoms. The molecule has 1 aliphatic heterocycles. The summed E-state index contributed by atoms with van der Waals surface area (Å²) in [6.45, 7) is 3.55. The first-order chi connectivity index (χ1) is 13.1. The lowest BCUT2D eigenvalue weighted by Gasteiger charge is -2.32. The van der Waals surface area contributed by atoms with Crippen LogP contribution in [0.5, 0.6) is 5.75 Å². The number of halogens is 1. The van der Waals surface area contributed by atoms with Gasteiger partial charge in [-0.25, -0.2) is 4.39 Å². The Morgan fingerprint density at radius 1 is 1.19 bits per heavy atom. The molecule has 1 fully saturated rings. The molecule has 0 bridgehead atoms. The number of carbonyl (C=O) groups is 1. The highest BCUT2D eigenvalue weighted by atomic mass is 19.1. The average Bonchev–Trinajstić information content (AvgIpc) is 3.12. The van der Waals surface area contributed by atoms with Crippen molar-refractivity contribution in [3.8, 4) is 5.75 Å². The van der Waals surface area contributed by atoms with E-state index in [1.807, 2.05) is 29.2 Å². The van der Waals surface area contributed by atoms with Gasteiger partial charge < -0.3 is 19.0 Å². The summed E-state index contributed by atoms with van der Waals surface area (Å²) in [4.78, 5) is 15.9. The van der Waals surface area contributed by atoms with E-state index in [0.717, 1.165) is 29.6 Å². The van der Waals surface area contributed by atoms with E-state index in [-0.39, 0.29) is 11.7 Å². The summed E-state index contributed by atoms with van der Waals surface area (Å²) in [5, 5.41) is 0.934. The minimum absolute atomic E-state index is 0.0754. The first-order valence-corrected chi connectivity index (χ1v) is 9.08. The van der Waals surface area contributed by atoms with Gasteiger partial charge in [-0.05, 0) is 30.3 Å². The Labute approximate surface area is 156 Å². The van der Waals surface area contributed by atoms with E-state index < -0.39 is 0 Å². The highest BCUT2D eigenvalue weighted by Gasteiger charge is 2.27. The van der Waals surface area contributed by atoms with Gasteiger partial charge in [0, 0.05) is 5.39 Å². The number of fused-ring (bicyclic) bond motifs is 1. The van der Waals surface area contributed by atoms with E-state index >= 15 is 0 Å². The number of hydrogen-bond donors (Lipinski definition) is 1. The Bertz CT molecular complexity index is 928. The molecule has 1 aromatic heterocycles. The van der Waals surface area contributed by atoms with Gasteiger partial charge in [-0.2, -0.15) is 0 Å². The van der Waals surface area contributed by atoms with Crippen LogP contribution in [0.15, 0.2) is 52.9 Å². The van der Waals surface area contributed by atoms with Crippen LogP contribution in [0.3, 0.4) is 0 Å². The number of ether oxygens (including phenoxy) is 1. The summed E-state index contributed by atoms with van der Waals surface area (Å²) in [5.74, 6) is 0.744. The molecule has 0 atom stereocenters. The van der Waals surface area contributed by atoms with Gasteiger partial charge in [0.05, 0.1) is 38.9 Å². The van der Waals surface area contributed by atoms with Gasteiger partial charge in [-0.1, -0.05) is 18.2 Å². The van der Waals surface area contributed by atoms with E-state index in [0.29, 0.717) is 31.1 Å². The van der Waals surface area contributed by atoms with E-state index in [4.69, 9.17) is 9.15 Å². The number of piperazine rings is 1. The van der Waals surface area contributed by atoms with Crippen molar-refractivity contribution < 1.29 is 23.2 Å². The van der Waals surface area contributed by atoms with Gasteiger partial charge in [-0.3, -0.25) is 4.79 Å². The second kappa shape index (κ2) is 7.40. The number of carbonyl (C=O) groups excluding carboxylic acids is 1. The summed E-state index contributed by atoms with van der Waals surface area (Å²) in [5.41, 5.74) is 1.58. The number of hydrogen-bond acceptors (Lipinski definition) is 3. The number of methoxy groups -OCH3 is 1. The minimum atomic E-state index is -0.260. The smallest absolute Gasteiger partial charge is 0.290 e. The van der Waals surface area contributed by atoms with Crippen LogP contribution < -0.4 is 9.64 Å². The number of benzene rings is 2. The van der Waals surface area contributed by atoms with Crippen LogP contribution in [0.25, 0.3) is 11.0 Å². The second-order valence-corrected chi connectivity index (χ2v) is 6.82. The standard InChI is InChI=1S/C21H21FN2O3/c1-26-18-7-6-17(22)12-16(18)14-23-8-10-24(11-9-23)21(25)20-13-15-4-2-3-5-19(15)27-20/h2-7,12-13H,8-11,14H2,1H3/p+1. The van der Waals surface area contributed by atoms with E-state index in [2.05, 4.69) is 0 Å². The summed E-state index contributed by atoms with van der Waals surface area (Å²) in [7, 11) is 1.59. The molecule has 5 nitrogen and oxygen atoms in total. The number of para-hydroxylation sites is 1. The first-order valence-electron chi connectivity index (χ1n) is 9.08. The number of rotatable bonds is 4. The topological polar surface area (TPSA) is 47.1 Å².